The number of aliphatic hydroxyl groups is 1. The molecule has 0 aliphatic rings. The summed E-state index contributed by atoms with van der Waals surface area (Å²) in [5.41, 5.74) is 0.682. The number of aromatic nitrogens is 2. The van der Waals surface area contributed by atoms with Crippen LogP contribution in [0.3, 0.4) is 0 Å². The summed E-state index contributed by atoms with van der Waals surface area (Å²) in [6.45, 7) is 0. The highest BCUT2D eigenvalue weighted by molar-refractivity contribution is 9.11. The van der Waals surface area contributed by atoms with E-state index in [-0.39, 0.29) is 0 Å². The third-order valence-corrected chi connectivity index (χ3v) is 3.55. The number of halogens is 1. The Morgan fingerprint density at radius 3 is 2.79 bits per heavy atom. The highest BCUT2D eigenvalue weighted by Gasteiger charge is 2.14. The molecule has 0 radical (unpaired) electrons. The Bertz CT molecular complexity index is 397. The maximum atomic E-state index is 9.93. The molecule has 5 heteroatoms. The Morgan fingerprint density at radius 1 is 1.50 bits per heavy atom. The summed E-state index contributed by atoms with van der Waals surface area (Å²) in [4.78, 5) is 0.899. The fraction of sp³-hybridized carbons (Fsp3) is 0.222. The van der Waals surface area contributed by atoms with E-state index in [9.17, 15) is 5.11 Å². The van der Waals surface area contributed by atoms with Gasteiger partial charge in [0.25, 0.3) is 0 Å². The molecule has 0 saturated heterocycles. The molecule has 0 amide bonds. The lowest BCUT2D eigenvalue weighted by Gasteiger charge is -2.03. The lowest BCUT2D eigenvalue weighted by atomic mass is 10.2. The number of rotatable bonds is 2. The highest BCUT2D eigenvalue weighted by atomic mass is 79.9. The lowest BCUT2D eigenvalue weighted by Crippen LogP contribution is -1.99. The number of nitrogens with zero attached hydrogens (tertiary/aromatic N) is 2. The molecule has 1 N–H and O–H groups in total. The van der Waals surface area contributed by atoms with E-state index in [0.717, 1.165) is 8.66 Å². The van der Waals surface area contributed by atoms with Crippen LogP contribution >= 0.6 is 27.3 Å². The van der Waals surface area contributed by atoms with Crippen LogP contribution in [0.2, 0.25) is 0 Å². The summed E-state index contributed by atoms with van der Waals surface area (Å²) in [7, 11) is 1.83. The van der Waals surface area contributed by atoms with Crippen LogP contribution in [0, 0.1) is 0 Å². The summed E-state index contributed by atoms with van der Waals surface area (Å²) in [5.74, 6) is 0. The molecule has 0 saturated carbocycles. The van der Waals surface area contributed by atoms with E-state index in [1.165, 1.54) is 11.3 Å². The van der Waals surface area contributed by atoms with Gasteiger partial charge in [0.1, 0.15) is 6.10 Å². The zero-order chi connectivity index (χ0) is 10.1. The van der Waals surface area contributed by atoms with Crippen molar-refractivity contribution in [2.75, 3.05) is 0 Å². The quantitative estimate of drug-likeness (QED) is 0.911. The molecule has 0 aromatic carbocycles. The van der Waals surface area contributed by atoms with Gasteiger partial charge >= 0.3 is 0 Å². The molecular weight excluding hydrogens is 264 g/mol. The first-order valence-corrected chi connectivity index (χ1v) is 5.70. The van der Waals surface area contributed by atoms with Crippen molar-refractivity contribution in [2.24, 2.45) is 7.05 Å². The predicted molar refractivity (Wildman–Crippen MR) is 59.3 cm³/mol. The molecule has 0 aliphatic carbocycles. The van der Waals surface area contributed by atoms with Gasteiger partial charge < -0.3 is 5.11 Å². The molecule has 2 aromatic rings. The van der Waals surface area contributed by atoms with Crippen molar-refractivity contribution in [1.29, 1.82) is 0 Å². The molecule has 0 spiro atoms. The second-order valence-corrected chi connectivity index (χ2v) is 5.45. The molecule has 0 bridgehead atoms. The van der Waals surface area contributed by atoms with E-state index >= 15 is 0 Å². The first kappa shape index (κ1) is 9.89. The Labute approximate surface area is 94.1 Å². The lowest BCUT2D eigenvalue weighted by molar-refractivity contribution is 0.218. The third-order valence-electron chi connectivity index (χ3n) is 1.88. The molecular formula is C9H9BrN2OS. The van der Waals surface area contributed by atoms with Crippen LogP contribution in [0.25, 0.3) is 0 Å². The standard InChI is InChI=1S/C9H9BrN2OS/c1-12-5-4-6(11-12)9(13)7-2-3-8(10)14-7/h2-5,9,13H,1H3. The highest BCUT2D eigenvalue weighted by Crippen LogP contribution is 2.30. The van der Waals surface area contributed by atoms with Crippen molar-refractivity contribution >= 4 is 27.3 Å². The largest absolute Gasteiger partial charge is 0.381 e. The van der Waals surface area contributed by atoms with Crippen molar-refractivity contribution in [3.63, 3.8) is 0 Å². The van der Waals surface area contributed by atoms with Crippen molar-refractivity contribution in [2.45, 2.75) is 6.10 Å². The van der Waals surface area contributed by atoms with Gasteiger partial charge in [0, 0.05) is 18.1 Å². The molecule has 2 heterocycles. The number of hydrogen-bond donors (Lipinski definition) is 1. The molecule has 1 atom stereocenters. The summed E-state index contributed by atoms with van der Waals surface area (Å²) >= 11 is 4.88. The Hall–Kier alpha value is -0.650. The second kappa shape index (κ2) is 3.84. The smallest absolute Gasteiger partial charge is 0.132 e. The molecule has 2 rings (SSSR count). The minimum atomic E-state index is -0.618. The van der Waals surface area contributed by atoms with Crippen LogP contribution in [-0.4, -0.2) is 14.9 Å². The van der Waals surface area contributed by atoms with Gasteiger partial charge in [0.2, 0.25) is 0 Å². The summed E-state index contributed by atoms with van der Waals surface area (Å²) in [6.07, 6.45) is 1.20. The molecule has 1 unspecified atom stereocenters. The average Bonchev–Trinajstić information content (AvgIpc) is 2.73. The van der Waals surface area contributed by atoms with Gasteiger partial charge in [0.15, 0.2) is 0 Å². The minimum absolute atomic E-state index is 0.618. The van der Waals surface area contributed by atoms with E-state index in [2.05, 4.69) is 21.0 Å². The van der Waals surface area contributed by atoms with Crippen LogP contribution in [0.15, 0.2) is 28.2 Å². The van der Waals surface area contributed by atoms with Crippen molar-refractivity contribution in [3.8, 4) is 0 Å². The maximum absolute atomic E-state index is 9.93. The van der Waals surface area contributed by atoms with Crippen LogP contribution in [-0.2, 0) is 7.05 Å². The molecule has 0 aliphatic heterocycles. The minimum Gasteiger partial charge on any atom is -0.381 e. The van der Waals surface area contributed by atoms with E-state index in [4.69, 9.17) is 0 Å². The molecule has 0 fully saturated rings. The Kier molecular flexibility index (Phi) is 2.71. The Morgan fingerprint density at radius 2 is 2.29 bits per heavy atom. The van der Waals surface area contributed by atoms with Gasteiger partial charge in [-0.3, -0.25) is 4.68 Å². The Balaban J connectivity index is 2.28. The van der Waals surface area contributed by atoms with E-state index in [1.54, 1.807) is 4.68 Å². The number of aryl methyl sites for hydroxylation is 1. The van der Waals surface area contributed by atoms with Crippen molar-refractivity contribution in [3.05, 3.63) is 38.8 Å². The van der Waals surface area contributed by atoms with E-state index in [1.807, 2.05) is 31.4 Å². The number of thiophene rings is 1. The second-order valence-electron chi connectivity index (χ2n) is 2.96. The summed E-state index contributed by atoms with van der Waals surface area (Å²) < 4.78 is 2.70. The van der Waals surface area contributed by atoms with E-state index < -0.39 is 6.10 Å². The fourth-order valence-corrected chi connectivity index (χ4v) is 2.62. The zero-order valence-electron chi connectivity index (χ0n) is 7.51. The average molecular weight is 273 g/mol. The van der Waals surface area contributed by atoms with Gasteiger partial charge in [-0.25, -0.2) is 0 Å². The first-order chi connectivity index (χ1) is 6.66. The SMILES string of the molecule is Cn1ccc(C(O)c2ccc(Br)s2)n1. The molecule has 14 heavy (non-hydrogen) atoms. The normalized spacial score (nSPS) is 13.1. The molecule has 3 nitrogen and oxygen atoms in total. The topological polar surface area (TPSA) is 38.0 Å². The van der Waals surface area contributed by atoms with Crippen LogP contribution in [0.4, 0.5) is 0 Å². The van der Waals surface area contributed by atoms with Gasteiger partial charge in [0.05, 0.1) is 9.48 Å². The fourth-order valence-electron chi connectivity index (χ4n) is 1.20. The zero-order valence-corrected chi connectivity index (χ0v) is 9.92. The summed E-state index contributed by atoms with van der Waals surface area (Å²) in [5, 5.41) is 14.1. The van der Waals surface area contributed by atoms with Gasteiger partial charge in [-0.2, -0.15) is 5.10 Å². The predicted octanol–water partition coefficient (Wildman–Crippen LogP) is 2.33. The monoisotopic (exact) mass is 272 g/mol. The van der Waals surface area contributed by atoms with Gasteiger partial charge in [-0.1, -0.05) is 0 Å². The maximum Gasteiger partial charge on any atom is 0.132 e. The van der Waals surface area contributed by atoms with Crippen LogP contribution in [0.5, 0.6) is 0 Å². The van der Waals surface area contributed by atoms with Crippen molar-refractivity contribution < 1.29 is 5.11 Å². The number of hydrogen-bond acceptors (Lipinski definition) is 3. The summed E-state index contributed by atoms with van der Waals surface area (Å²) in [6, 6.07) is 5.64. The first-order valence-electron chi connectivity index (χ1n) is 4.09. The van der Waals surface area contributed by atoms with Gasteiger partial charge in [-0.15, -0.1) is 11.3 Å². The van der Waals surface area contributed by atoms with Crippen molar-refractivity contribution in [1.82, 2.24) is 9.78 Å². The number of aliphatic hydroxyl groups excluding tert-OH is 1. The van der Waals surface area contributed by atoms with Crippen LogP contribution < -0.4 is 0 Å². The van der Waals surface area contributed by atoms with Crippen LogP contribution in [0.1, 0.15) is 16.7 Å². The molecule has 2 aromatic heterocycles. The van der Waals surface area contributed by atoms with Gasteiger partial charge in [-0.05, 0) is 34.1 Å². The third kappa shape index (κ3) is 1.89. The molecule has 74 valence electrons. The van der Waals surface area contributed by atoms with E-state index in [0.29, 0.717) is 5.69 Å².